The molecule has 1 unspecified atom stereocenters. The second-order valence-electron chi connectivity index (χ2n) is 8.29. The van der Waals surface area contributed by atoms with Crippen LogP contribution < -0.4 is 10.2 Å². The fourth-order valence-corrected chi connectivity index (χ4v) is 4.34. The molecule has 1 aromatic heterocycles. The van der Waals surface area contributed by atoms with E-state index in [4.69, 9.17) is 11.6 Å². The molecule has 1 fully saturated rings. The normalized spacial score (nSPS) is 17.7. The number of fused-ring (bicyclic) bond motifs is 1. The lowest BCUT2D eigenvalue weighted by atomic mass is 10.0. The summed E-state index contributed by atoms with van der Waals surface area (Å²) in [7, 11) is 0. The Bertz CT molecular complexity index is 1190. The van der Waals surface area contributed by atoms with Crippen molar-refractivity contribution in [2.75, 3.05) is 18.0 Å². The molecule has 7 nitrogen and oxygen atoms in total. The van der Waals surface area contributed by atoms with Gasteiger partial charge in [0.15, 0.2) is 11.9 Å². The van der Waals surface area contributed by atoms with Crippen LogP contribution in [0.25, 0.3) is 5.69 Å². The third kappa shape index (κ3) is 3.89. The minimum atomic E-state index is -1.04. The fourth-order valence-electron chi connectivity index (χ4n) is 4.15. The summed E-state index contributed by atoms with van der Waals surface area (Å²) in [4.78, 5) is 26.0. The molecule has 164 valence electrons. The maximum atomic E-state index is 13.0. The molecule has 5 rings (SSSR count). The van der Waals surface area contributed by atoms with Gasteiger partial charge in [-0.1, -0.05) is 29.8 Å². The summed E-state index contributed by atoms with van der Waals surface area (Å²) in [5, 5.41) is 19.5. The van der Waals surface area contributed by atoms with Crippen LogP contribution in [0.5, 0.6) is 0 Å². The highest BCUT2D eigenvalue weighted by molar-refractivity contribution is 6.30. The largest absolute Gasteiger partial charge is 0.368 e. The second-order valence-corrected chi connectivity index (χ2v) is 8.72. The van der Waals surface area contributed by atoms with Crippen molar-refractivity contribution < 1.29 is 14.7 Å². The second kappa shape index (κ2) is 8.41. The monoisotopic (exact) mass is 450 g/mol. The number of aromatic nitrogens is 2. The molecule has 2 N–H and O–H groups in total. The highest BCUT2D eigenvalue weighted by atomic mass is 35.5. The smallest absolute Gasteiger partial charge is 0.272 e. The summed E-state index contributed by atoms with van der Waals surface area (Å²) < 4.78 is 1.60. The van der Waals surface area contributed by atoms with Crippen molar-refractivity contribution in [3.05, 3.63) is 76.1 Å². The minimum absolute atomic E-state index is 0.225. The van der Waals surface area contributed by atoms with E-state index in [1.165, 1.54) is 0 Å². The third-order valence-electron chi connectivity index (χ3n) is 6.02. The number of hydrogen-bond acceptors (Lipinski definition) is 5. The molecule has 0 radical (unpaired) electrons. The van der Waals surface area contributed by atoms with Gasteiger partial charge < -0.3 is 15.3 Å². The van der Waals surface area contributed by atoms with E-state index in [2.05, 4.69) is 10.4 Å². The van der Waals surface area contributed by atoms with Crippen molar-refractivity contribution in [2.45, 2.75) is 25.5 Å². The summed E-state index contributed by atoms with van der Waals surface area (Å²) in [6.45, 7) is 1.13. The number of nitrogens with zero attached hydrogens (tertiary/aromatic N) is 3. The Hall–Kier alpha value is -3.16. The number of amides is 1. The van der Waals surface area contributed by atoms with Crippen molar-refractivity contribution in [1.82, 2.24) is 15.1 Å². The maximum absolute atomic E-state index is 13.0. The van der Waals surface area contributed by atoms with Gasteiger partial charge in [0.25, 0.3) is 5.91 Å². The van der Waals surface area contributed by atoms with Gasteiger partial charge in [-0.2, -0.15) is 5.10 Å². The Labute approximate surface area is 190 Å². The Kier molecular flexibility index (Phi) is 5.45. The molecule has 1 amide bonds. The molecular weight excluding hydrogens is 428 g/mol. The van der Waals surface area contributed by atoms with E-state index in [-0.39, 0.29) is 5.91 Å². The lowest BCUT2D eigenvalue weighted by Crippen LogP contribution is -2.37. The molecule has 8 heteroatoms. The van der Waals surface area contributed by atoms with Crippen LogP contribution in [0.3, 0.4) is 0 Å². The average molecular weight is 451 g/mol. The van der Waals surface area contributed by atoms with Crippen LogP contribution >= 0.6 is 11.6 Å². The number of carbonyl (C=O) groups is 2. The van der Waals surface area contributed by atoms with Gasteiger partial charge in [0.05, 0.1) is 11.4 Å². The SMILES string of the molecule is O=Cc1cccc(N2CCc3c(C(=O)NCC4CC4)nn(-c4cccc(Cl)c4)c3C2O)c1. The number of anilines is 1. The average Bonchev–Trinajstić information content (AvgIpc) is 3.55. The lowest BCUT2D eigenvalue weighted by molar-refractivity contribution is 0.0945. The first-order valence-electron chi connectivity index (χ1n) is 10.7. The van der Waals surface area contributed by atoms with Gasteiger partial charge in [0.1, 0.15) is 6.29 Å². The van der Waals surface area contributed by atoms with E-state index in [1.54, 1.807) is 41.1 Å². The van der Waals surface area contributed by atoms with E-state index < -0.39 is 6.23 Å². The number of carbonyl (C=O) groups excluding carboxylic acids is 2. The summed E-state index contributed by atoms with van der Waals surface area (Å²) >= 11 is 6.21. The molecule has 0 spiro atoms. The number of aldehydes is 1. The fraction of sp³-hybridized carbons (Fsp3) is 0.292. The number of hydrogen-bond donors (Lipinski definition) is 2. The van der Waals surface area contributed by atoms with Crippen LogP contribution in [0.1, 0.15) is 51.2 Å². The standard InChI is InChI=1S/C24H23ClN4O3/c25-17-4-2-6-19(12-17)29-22-20(21(27-29)23(31)26-13-15-7-8-15)9-10-28(24(22)32)18-5-1-3-16(11-18)14-30/h1-6,11-12,14-15,24,32H,7-10,13H2,(H,26,31). The molecule has 0 saturated heterocycles. The van der Waals surface area contributed by atoms with Gasteiger partial charge in [0, 0.05) is 34.9 Å². The summed E-state index contributed by atoms with van der Waals surface area (Å²) in [5.41, 5.74) is 3.52. The molecule has 1 aliphatic carbocycles. The molecule has 1 saturated carbocycles. The first-order chi connectivity index (χ1) is 15.5. The van der Waals surface area contributed by atoms with Gasteiger partial charge >= 0.3 is 0 Å². The van der Waals surface area contributed by atoms with E-state index in [0.29, 0.717) is 53.1 Å². The zero-order valence-electron chi connectivity index (χ0n) is 17.4. The quantitative estimate of drug-likeness (QED) is 0.561. The van der Waals surface area contributed by atoms with Crippen LogP contribution in [0, 0.1) is 5.92 Å². The Morgan fingerprint density at radius 2 is 1.97 bits per heavy atom. The van der Waals surface area contributed by atoms with Crippen molar-refractivity contribution in [1.29, 1.82) is 0 Å². The van der Waals surface area contributed by atoms with Crippen molar-refractivity contribution in [2.24, 2.45) is 5.92 Å². The molecule has 1 aliphatic heterocycles. The van der Waals surface area contributed by atoms with E-state index >= 15 is 0 Å². The van der Waals surface area contributed by atoms with E-state index in [1.807, 2.05) is 17.0 Å². The number of aliphatic hydroxyl groups excluding tert-OH is 1. The number of benzene rings is 2. The highest BCUT2D eigenvalue weighted by Crippen LogP contribution is 2.36. The zero-order valence-corrected chi connectivity index (χ0v) is 18.1. The summed E-state index contributed by atoms with van der Waals surface area (Å²) in [5.74, 6) is 0.327. The molecule has 3 aromatic rings. The first kappa shape index (κ1) is 20.7. The maximum Gasteiger partial charge on any atom is 0.272 e. The van der Waals surface area contributed by atoms with Gasteiger partial charge in [-0.3, -0.25) is 9.59 Å². The highest BCUT2D eigenvalue weighted by Gasteiger charge is 2.35. The minimum Gasteiger partial charge on any atom is -0.368 e. The van der Waals surface area contributed by atoms with Gasteiger partial charge in [0.2, 0.25) is 0 Å². The van der Waals surface area contributed by atoms with Crippen LogP contribution in [-0.4, -0.2) is 40.2 Å². The van der Waals surface area contributed by atoms with Crippen LogP contribution in [0.4, 0.5) is 5.69 Å². The Morgan fingerprint density at radius 1 is 1.19 bits per heavy atom. The molecule has 0 bridgehead atoms. The van der Waals surface area contributed by atoms with E-state index in [9.17, 15) is 14.7 Å². The topological polar surface area (TPSA) is 87.5 Å². The van der Waals surface area contributed by atoms with Crippen LogP contribution in [0.15, 0.2) is 48.5 Å². The number of nitrogens with one attached hydrogen (secondary N) is 1. The van der Waals surface area contributed by atoms with Crippen molar-refractivity contribution >= 4 is 29.5 Å². The number of aliphatic hydroxyl groups is 1. The zero-order chi connectivity index (χ0) is 22.2. The molecule has 1 atom stereocenters. The van der Waals surface area contributed by atoms with Crippen molar-refractivity contribution in [3.8, 4) is 5.69 Å². The molecule has 2 aliphatic rings. The lowest BCUT2D eigenvalue weighted by Gasteiger charge is -2.35. The van der Waals surface area contributed by atoms with Gasteiger partial charge in [-0.15, -0.1) is 0 Å². The molecule has 2 heterocycles. The Balaban J connectivity index is 1.57. The summed E-state index contributed by atoms with van der Waals surface area (Å²) in [6, 6.07) is 14.2. The Morgan fingerprint density at radius 3 is 2.72 bits per heavy atom. The summed E-state index contributed by atoms with van der Waals surface area (Å²) in [6.07, 6.45) is 2.55. The van der Waals surface area contributed by atoms with Crippen LogP contribution in [-0.2, 0) is 6.42 Å². The van der Waals surface area contributed by atoms with Crippen LogP contribution in [0.2, 0.25) is 5.02 Å². The van der Waals surface area contributed by atoms with Crippen molar-refractivity contribution in [3.63, 3.8) is 0 Å². The predicted molar refractivity (Wildman–Crippen MR) is 121 cm³/mol. The number of halogens is 1. The van der Waals surface area contributed by atoms with Gasteiger partial charge in [-0.05, 0) is 55.5 Å². The molecule has 32 heavy (non-hydrogen) atoms. The third-order valence-corrected chi connectivity index (χ3v) is 6.25. The van der Waals surface area contributed by atoms with E-state index in [0.717, 1.165) is 30.4 Å². The first-order valence-corrected chi connectivity index (χ1v) is 11.1. The number of rotatable bonds is 6. The predicted octanol–water partition coefficient (Wildman–Crippen LogP) is 3.53. The molecule has 2 aromatic carbocycles. The van der Waals surface area contributed by atoms with Gasteiger partial charge in [-0.25, -0.2) is 4.68 Å². The molecular formula is C24H23ClN4O3.